The zero-order valence-corrected chi connectivity index (χ0v) is 14.2. The summed E-state index contributed by atoms with van der Waals surface area (Å²) in [7, 11) is -3.49. The first-order chi connectivity index (χ1) is 9.75. The summed E-state index contributed by atoms with van der Waals surface area (Å²) in [6.07, 6.45) is 1.86. The molecule has 1 saturated heterocycles. The minimum atomic E-state index is -3.49. The maximum absolute atomic E-state index is 12.9. The van der Waals surface area contributed by atoms with Gasteiger partial charge in [0, 0.05) is 13.1 Å². The fourth-order valence-corrected chi connectivity index (χ4v) is 4.92. The van der Waals surface area contributed by atoms with Gasteiger partial charge in [-0.25, -0.2) is 8.42 Å². The first-order valence-corrected chi connectivity index (χ1v) is 9.05. The standard InChI is InChI=1S/C16H26N2O2S/c1-11(2)14-7-9-18(10-8-14)21(19,20)16-13(4)6-5-12(3)15(16)17/h5-6,11,14H,7-10,17H2,1-4H3. The molecule has 0 radical (unpaired) electrons. The van der Waals surface area contributed by atoms with Crippen LogP contribution in [0.3, 0.4) is 0 Å². The first-order valence-electron chi connectivity index (χ1n) is 7.61. The lowest BCUT2D eigenvalue weighted by Crippen LogP contribution is -2.40. The van der Waals surface area contributed by atoms with E-state index in [1.165, 1.54) is 0 Å². The number of nitrogens with two attached hydrogens (primary N) is 1. The van der Waals surface area contributed by atoms with Gasteiger partial charge in [0.2, 0.25) is 10.0 Å². The van der Waals surface area contributed by atoms with Crippen molar-refractivity contribution in [3.05, 3.63) is 23.3 Å². The molecule has 1 aliphatic heterocycles. The highest BCUT2D eigenvalue weighted by molar-refractivity contribution is 7.89. The summed E-state index contributed by atoms with van der Waals surface area (Å²) in [5, 5.41) is 0. The molecule has 1 aromatic carbocycles. The predicted molar refractivity (Wildman–Crippen MR) is 86.6 cm³/mol. The van der Waals surface area contributed by atoms with E-state index in [2.05, 4.69) is 13.8 Å². The molecular weight excluding hydrogens is 284 g/mol. The lowest BCUT2D eigenvalue weighted by molar-refractivity contribution is 0.226. The fraction of sp³-hybridized carbons (Fsp3) is 0.625. The van der Waals surface area contributed by atoms with Crippen LogP contribution in [0.15, 0.2) is 17.0 Å². The molecule has 1 heterocycles. The van der Waals surface area contributed by atoms with Gasteiger partial charge in [-0.15, -0.1) is 0 Å². The van der Waals surface area contributed by atoms with Crippen molar-refractivity contribution in [1.82, 2.24) is 4.31 Å². The molecular formula is C16H26N2O2S. The van der Waals surface area contributed by atoms with Crippen LogP contribution in [-0.2, 0) is 10.0 Å². The third kappa shape index (κ3) is 3.09. The zero-order valence-electron chi connectivity index (χ0n) is 13.4. The number of rotatable bonds is 3. The Kier molecular flexibility index (Phi) is 4.63. The van der Waals surface area contributed by atoms with Crippen LogP contribution >= 0.6 is 0 Å². The number of benzene rings is 1. The number of hydrogen-bond donors (Lipinski definition) is 1. The summed E-state index contributed by atoms with van der Waals surface area (Å²) in [5.41, 5.74) is 7.98. The van der Waals surface area contributed by atoms with Gasteiger partial charge < -0.3 is 5.73 Å². The van der Waals surface area contributed by atoms with Crippen LogP contribution in [0.1, 0.15) is 37.8 Å². The van der Waals surface area contributed by atoms with Gasteiger partial charge in [0.05, 0.1) is 5.69 Å². The van der Waals surface area contributed by atoms with Gasteiger partial charge in [0.1, 0.15) is 4.90 Å². The maximum Gasteiger partial charge on any atom is 0.245 e. The smallest absolute Gasteiger partial charge is 0.245 e. The molecule has 0 aromatic heterocycles. The Balaban J connectivity index is 2.30. The Morgan fingerprint density at radius 1 is 1.14 bits per heavy atom. The normalized spacial score (nSPS) is 18.3. The molecule has 0 spiro atoms. The number of piperidine rings is 1. The number of hydrogen-bond acceptors (Lipinski definition) is 3. The van der Waals surface area contributed by atoms with Crippen molar-refractivity contribution in [2.75, 3.05) is 18.8 Å². The molecule has 0 amide bonds. The maximum atomic E-state index is 12.9. The Hall–Kier alpha value is -1.07. The van der Waals surface area contributed by atoms with Gasteiger partial charge in [0.15, 0.2) is 0 Å². The average molecular weight is 310 g/mol. The highest BCUT2D eigenvalue weighted by Crippen LogP contribution is 2.32. The Labute approximate surface area is 128 Å². The van der Waals surface area contributed by atoms with E-state index < -0.39 is 10.0 Å². The van der Waals surface area contributed by atoms with Crippen molar-refractivity contribution in [3.8, 4) is 0 Å². The minimum absolute atomic E-state index is 0.297. The van der Waals surface area contributed by atoms with Crippen LogP contribution in [0.2, 0.25) is 0 Å². The molecule has 1 aromatic rings. The van der Waals surface area contributed by atoms with Crippen molar-refractivity contribution in [2.24, 2.45) is 11.8 Å². The quantitative estimate of drug-likeness (QED) is 0.873. The molecule has 0 unspecified atom stereocenters. The van der Waals surface area contributed by atoms with E-state index in [0.29, 0.717) is 35.5 Å². The van der Waals surface area contributed by atoms with Gasteiger partial charge in [-0.3, -0.25) is 0 Å². The second-order valence-electron chi connectivity index (χ2n) is 6.43. The molecule has 2 rings (SSSR count). The van der Waals surface area contributed by atoms with Crippen LogP contribution in [-0.4, -0.2) is 25.8 Å². The Morgan fingerprint density at radius 3 is 2.19 bits per heavy atom. The van der Waals surface area contributed by atoms with E-state index in [1.54, 1.807) is 4.31 Å². The number of nitrogen functional groups attached to an aromatic ring is 1. The van der Waals surface area contributed by atoms with Gasteiger partial charge in [-0.1, -0.05) is 26.0 Å². The van der Waals surface area contributed by atoms with Crippen LogP contribution in [0.4, 0.5) is 5.69 Å². The van der Waals surface area contributed by atoms with Gasteiger partial charge in [-0.2, -0.15) is 4.31 Å². The lowest BCUT2D eigenvalue weighted by Gasteiger charge is -2.33. The summed E-state index contributed by atoms with van der Waals surface area (Å²) in [5.74, 6) is 1.23. The van der Waals surface area contributed by atoms with E-state index in [4.69, 9.17) is 5.73 Å². The van der Waals surface area contributed by atoms with E-state index in [0.717, 1.165) is 24.0 Å². The molecule has 21 heavy (non-hydrogen) atoms. The minimum Gasteiger partial charge on any atom is -0.397 e. The van der Waals surface area contributed by atoms with E-state index >= 15 is 0 Å². The van der Waals surface area contributed by atoms with Crippen molar-refractivity contribution >= 4 is 15.7 Å². The lowest BCUT2D eigenvalue weighted by atomic mass is 9.87. The monoisotopic (exact) mass is 310 g/mol. The van der Waals surface area contributed by atoms with Crippen LogP contribution in [0.25, 0.3) is 0 Å². The summed E-state index contributed by atoms with van der Waals surface area (Å²) in [6, 6.07) is 3.70. The molecule has 1 aliphatic rings. The van der Waals surface area contributed by atoms with Gasteiger partial charge >= 0.3 is 0 Å². The molecule has 118 valence electrons. The number of anilines is 1. The average Bonchev–Trinajstić information content (AvgIpc) is 2.43. The number of sulfonamides is 1. The van der Waals surface area contributed by atoms with Crippen molar-refractivity contribution in [3.63, 3.8) is 0 Å². The van der Waals surface area contributed by atoms with E-state index in [9.17, 15) is 8.42 Å². The molecule has 2 N–H and O–H groups in total. The molecule has 0 atom stereocenters. The molecule has 0 saturated carbocycles. The fourth-order valence-electron chi connectivity index (χ4n) is 3.06. The van der Waals surface area contributed by atoms with Crippen LogP contribution in [0.5, 0.6) is 0 Å². The Bertz CT molecular complexity index is 615. The molecule has 1 fully saturated rings. The molecule has 0 bridgehead atoms. The number of nitrogens with zero attached hydrogens (tertiary/aromatic N) is 1. The van der Waals surface area contributed by atoms with Crippen molar-refractivity contribution in [1.29, 1.82) is 0 Å². The molecule has 4 nitrogen and oxygen atoms in total. The summed E-state index contributed by atoms with van der Waals surface area (Å²) in [6.45, 7) is 9.26. The summed E-state index contributed by atoms with van der Waals surface area (Å²) >= 11 is 0. The second kappa shape index (κ2) is 5.97. The van der Waals surface area contributed by atoms with Crippen molar-refractivity contribution in [2.45, 2.75) is 45.4 Å². The van der Waals surface area contributed by atoms with Crippen LogP contribution in [0, 0.1) is 25.7 Å². The topological polar surface area (TPSA) is 63.4 Å². The molecule has 0 aliphatic carbocycles. The summed E-state index contributed by atoms with van der Waals surface area (Å²) < 4.78 is 27.4. The van der Waals surface area contributed by atoms with Crippen LogP contribution < -0.4 is 5.73 Å². The highest BCUT2D eigenvalue weighted by Gasteiger charge is 2.32. The van der Waals surface area contributed by atoms with E-state index in [-0.39, 0.29) is 0 Å². The third-order valence-electron chi connectivity index (χ3n) is 4.65. The Morgan fingerprint density at radius 2 is 1.67 bits per heavy atom. The second-order valence-corrected chi connectivity index (χ2v) is 8.30. The number of aryl methyl sites for hydroxylation is 2. The highest BCUT2D eigenvalue weighted by atomic mass is 32.2. The van der Waals surface area contributed by atoms with Gasteiger partial charge in [-0.05, 0) is 49.7 Å². The largest absolute Gasteiger partial charge is 0.397 e. The van der Waals surface area contributed by atoms with E-state index in [1.807, 2.05) is 26.0 Å². The molecule has 5 heteroatoms. The summed E-state index contributed by atoms with van der Waals surface area (Å²) in [4.78, 5) is 0.297. The predicted octanol–water partition coefficient (Wildman–Crippen LogP) is 2.94. The third-order valence-corrected chi connectivity index (χ3v) is 6.75. The van der Waals surface area contributed by atoms with Gasteiger partial charge in [0.25, 0.3) is 0 Å². The zero-order chi connectivity index (χ0) is 15.8. The van der Waals surface area contributed by atoms with Crippen molar-refractivity contribution < 1.29 is 8.42 Å². The first kappa shape index (κ1) is 16.3. The SMILES string of the molecule is Cc1ccc(C)c(S(=O)(=O)N2CCC(C(C)C)CC2)c1N.